The quantitative estimate of drug-likeness (QED) is 0.697. The van der Waals surface area contributed by atoms with Crippen molar-refractivity contribution in [3.05, 3.63) is 42.0 Å². The molecule has 2 rings (SSSR count). The Morgan fingerprint density at radius 3 is 2.39 bits per heavy atom. The van der Waals surface area contributed by atoms with Crippen LogP contribution in [0.3, 0.4) is 0 Å². The van der Waals surface area contributed by atoms with Gasteiger partial charge in [0.15, 0.2) is 0 Å². The molecule has 0 unspecified atom stereocenters. The Bertz CT molecular complexity index is 958. The van der Waals surface area contributed by atoms with Crippen molar-refractivity contribution in [2.45, 2.75) is 11.8 Å². The number of carbonyl (C=O) groups excluding carboxylic acids is 1. The third kappa shape index (κ3) is 4.93. The molecular formula is C19H25N3O5S. The van der Waals surface area contributed by atoms with E-state index in [0.29, 0.717) is 28.4 Å². The summed E-state index contributed by atoms with van der Waals surface area (Å²) < 4.78 is 36.3. The highest BCUT2D eigenvalue weighted by Crippen LogP contribution is 2.29. The second-order valence-corrected chi connectivity index (χ2v) is 8.36. The van der Waals surface area contributed by atoms with Gasteiger partial charge in [-0.2, -0.15) is 0 Å². The zero-order valence-electron chi connectivity index (χ0n) is 16.6. The van der Waals surface area contributed by atoms with Crippen LogP contribution in [-0.2, 0) is 14.8 Å². The molecule has 0 saturated carbocycles. The molecule has 9 heteroatoms. The molecule has 2 aromatic rings. The molecule has 0 fully saturated rings. The maximum absolute atomic E-state index is 12.4. The molecular weight excluding hydrogens is 382 g/mol. The van der Waals surface area contributed by atoms with Gasteiger partial charge in [-0.3, -0.25) is 4.79 Å². The Morgan fingerprint density at radius 2 is 1.79 bits per heavy atom. The van der Waals surface area contributed by atoms with Gasteiger partial charge in [-0.15, -0.1) is 0 Å². The van der Waals surface area contributed by atoms with Crippen LogP contribution in [0.4, 0.5) is 11.4 Å². The topological polar surface area (TPSA) is 97.0 Å². The lowest BCUT2D eigenvalue weighted by atomic mass is 10.2. The fourth-order valence-electron chi connectivity index (χ4n) is 2.46. The second-order valence-electron chi connectivity index (χ2n) is 6.24. The Balaban J connectivity index is 2.10. The number of carbonyl (C=O) groups is 1. The van der Waals surface area contributed by atoms with Crippen LogP contribution in [0.1, 0.15) is 5.56 Å². The summed E-state index contributed by atoms with van der Waals surface area (Å²) in [5.41, 5.74) is 1.67. The number of methoxy groups -OCH3 is 2. The summed E-state index contributed by atoms with van der Waals surface area (Å²) in [6.07, 6.45) is 0. The van der Waals surface area contributed by atoms with Gasteiger partial charge in [-0.25, -0.2) is 12.7 Å². The van der Waals surface area contributed by atoms with Crippen LogP contribution in [0.5, 0.6) is 11.5 Å². The molecule has 8 nitrogen and oxygen atoms in total. The second kappa shape index (κ2) is 8.94. The van der Waals surface area contributed by atoms with E-state index in [-0.39, 0.29) is 17.3 Å². The summed E-state index contributed by atoms with van der Waals surface area (Å²) in [6, 6.07) is 10.0. The third-order valence-corrected chi connectivity index (χ3v) is 6.04. The number of rotatable bonds is 8. The van der Waals surface area contributed by atoms with Crippen LogP contribution in [-0.4, -0.2) is 53.5 Å². The molecule has 0 atom stereocenters. The molecule has 0 saturated heterocycles. The number of anilines is 2. The van der Waals surface area contributed by atoms with Gasteiger partial charge in [0.05, 0.1) is 31.3 Å². The molecule has 2 N–H and O–H groups in total. The highest BCUT2D eigenvalue weighted by molar-refractivity contribution is 7.89. The van der Waals surface area contributed by atoms with Crippen molar-refractivity contribution in [1.82, 2.24) is 4.31 Å². The van der Waals surface area contributed by atoms with Gasteiger partial charge in [-0.1, -0.05) is 6.07 Å². The lowest BCUT2D eigenvalue weighted by Crippen LogP contribution is -2.24. The number of hydrogen-bond acceptors (Lipinski definition) is 6. The van der Waals surface area contributed by atoms with E-state index in [9.17, 15) is 13.2 Å². The summed E-state index contributed by atoms with van der Waals surface area (Å²) in [6.45, 7) is 1.68. The van der Waals surface area contributed by atoms with E-state index in [1.807, 2.05) is 0 Å². The van der Waals surface area contributed by atoms with Crippen molar-refractivity contribution in [1.29, 1.82) is 0 Å². The molecule has 0 heterocycles. The Labute approximate surface area is 165 Å². The minimum atomic E-state index is -3.57. The first-order valence-electron chi connectivity index (χ1n) is 8.48. The summed E-state index contributed by atoms with van der Waals surface area (Å²) in [5.74, 6) is 0.783. The summed E-state index contributed by atoms with van der Waals surface area (Å²) in [5, 5.41) is 5.69. The van der Waals surface area contributed by atoms with Crippen molar-refractivity contribution in [2.75, 3.05) is 45.5 Å². The lowest BCUT2D eigenvalue weighted by Gasteiger charge is -2.16. The van der Waals surface area contributed by atoms with E-state index >= 15 is 0 Å². The number of benzene rings is 2. The molecule has 28 heavy (non-hydrogen) atoms. The minimum Gasteiger partial charge on any atom is -0.497 e. The van der Waals surface area contributed by atoms with Crippen LogP contribution in [0.25, 0.3) is 0 Å². The van der Waals surface area contributed by atoms with Gasteiger partial charge < -0.3 is 20.1 Å². The molecule has 0 bridgehead atoms. The van der Waals surface area contributed by atoms with E-state index in [4.69, 9.17) is 9.47 Å². The van der Waals surface area contributed by atoms with Crippen LogP contribution in [0.15, 0.2) is 41.3 Å². The van der Waals surface area contributed by atoms with Gasteiger partial charge >= 0.3 is 0 Å². The van der Waals surface area contributed by atoms with Crippen LogP contribution >= 0.6 is 0 Å². The Hall–Kier alpha value is -2.78. The zero-order valence-corrected chi connectivity index (χ0v) is 17.4. The van der Waals surface area contributed by atoms with E-state index in [1.165, 1.54) is 27.3 Å². The van der Waals surface area contributed by atoms with Gasteiger partial charge in [-0.05, 0) is 36.8 Å². The number of hydrogen-bond donors (Lipinski definition) is 2. The first kappa shape index (κ1) is 21.5. The average Bonchev–Trinajstić information content (AvgIpc) is 2.67. The first-order chi connectivity index (χ1) is 13.2. The van der Waals surface area contributed by atoms with E-state index in [0.717, 1.165) is 4.31 Å². The van der Waals surface area contributed by atoms with Crippen LogP contribution < -0.4 is 20.1 Å². The van der Waals surface area contributed by atoms with Crippen molar-refractivity contribution < 1.29 is 22.7 Å². The average molecular weight is 407 g/mol. The van der Waals surface area contributed by atoms with Gasteiger partial charge in [0.1, 0.15) is 11.5 Å². The van der Waals surface area contributed by atoms with Gasteiger partial charge in [0, 0.05) is 25.8 Å². The number of nitrogens with zero attached hydrogens (tertiary/aromatic N) is 1. The predicted molar refractivity (Wildman–Crippen MR) is 109 cm³/mol. The molecule has 0 radical (unpaired) electrons. The normalized spacial score (nSPS) is 11.2. The molecule has 2 aromatic carbocycles. The fourth-order valence-corrected chi connectivity index (χ4v) is 3.61. The maximum Gasteiger partial charge on any atom is 0.243 e. The van der Waals surface area contributed by atoms with Crippen molar-refractivity contribution >= 4 is 27.3 Å². The highest BCUT2D eigenvalue weighted by atomic mass is 32.2. The summed E-state index contributed by atoms with van der Waals surface area (Å²) in [4.78, 5) is 12.5. The standard InChI is InChI=1S/C19H25N3O5S/c1-13-6-7-14(10-18(13)28(24,25)22(2)3)20-12-19(23)21-16-9-8-15(26-4)11-17(16)27-5/h6-11,20H,12H2,1-5H3,(H,21,23). The molecule has 0 aliphatic rings. The number of sulfonamides is 1. The largest absolute Gasteiger partial charge is 0.497 e. The molecule has 1 amide bonds. The molecule has 0 aromatic heterocycles. The molecule has 0 aliphatic heterocycles. The lowest BCUT2D eigenvalue weighted by molar-refractivity contribution is -0.114. The van der Waals surface area contributed by atoms with E-state index in [1.54, 1.807) is 44.4 Å². The van der Waals surface area contributed by atoms with Crippen LogP contribution in [0.2, 0.25) is 0 Å². The summed E-state index contributed by atoms with van der Waals surface area (Å²) >= 11 is 0. The smallest absolute Gasteiger partial charge is 0.243 e. The van der Waals surface area contributed by atoms with E-state index in [2.05, 4.69) is 10.6 Å². The Kier molecular flexibility index (Phi) is 6.87. The minimum absolute atomic E-state index is 0.0420. The Morgan fingerprint density at radius 1 is 1.07 bits per heavy atom. The van der Waals surface area contributed by atoms with Gasteiger partial charge in [0.25, 0.3) is 0 Å². The third-order valence-electron chi connectivity index (χ3n) is 4.08. The number of aryl methyl sites for hydroxylation is 1. The van der Waals surface area contributed by atoms with Crippen molar-refractivity contribution in [2.24, 2.45) is 0 Å². The molecule has 152 valence electrons. The van der Waals surface area contributed by atoms with Crippen molar-refractivity contribution in [3.63, 3.8) is 0 Å². The first-order valence-corrected chi connectivity index (χ1v) is 9.92. The number of ether oxygens (including phenoxy) is 2. The van der Waals surface area contributed by atoms with Crippen molar-refractivity contribution in [3.8, 4) is 11.5 Å². The molecule has 0 spiro atoms. The maximum atomic E-state index is 12.4. The number of amides is 1. The van der Waals surface area contributed by atoms with Gasteiger partial charge in [0.2, 0.25) is 15.9 Å². The monoisotopic (exact) mass is 407 g/mol. The van der Waals surface area contributed by atoms with E-state index < -0.39 is 10.0 Å². The molecule has 0 aliphatic carbocycles. The SMILES string of the molecule is COc1ccc(NC(=O)CNc2ccc(C)c(S(=O)(=O)N(C)C)c2)c(OC)c1. The fraction of sp³-hybridized carbons (Fsp3) is 0.316. The highest BCUT2D eigenvalue weighted by Gasteiger charge is 2.20. The number of nitrogens with one attached hydrogen (secondary N) is 2. The predicted octanol–water partition coefficient (Wildman–Crippen LogP) is 2.31. The van der Waals surface area contributed by atoms with Crippen LogP contribution in [0, 0.1) is 6.92 Å². The zero-order chi connectivity index (χ0) is 20.9. The summed E-state index contributed by atoms with van der Waals surface area (Å²) in [7, 11) is 2.43.